The Morgan fingerprint density at radius 1 is 1.00 bits per heavy atom. The van der Waals surface area contributed by atoms with Gasteiger partial charge in [-0.05, 0) is 26.0 Å². The summed E-state index contributed by atoms with van der Waals surface area (Å²) in [4.78, 5) is 13.5. The van der Waals surface area contributed by atoms with Crippen LogP contribution in [0.2, 0.25) is 0 Å². The Bertz CT molecular complexity index is 395. The fraction of sp³-hybridized carbons (Fsp3) is 0.714. The van der Waals surface area contributed by atoms with Crippen LogP contribution in [-0.2, 0) is 0 Å². The van der Waals surface area contributed by atoms with E-state index in [4.69, 9.17) is 0 Å². The third kappa shape index (κ3) is 3.45. The summed E-state index contributed by atoms with van der Waals surface area (Å²) in [6.07, 6.45) is 5.99. The third-order valence-electron chi connectivity index (χ3n) is 4.34. The first-order valence-corrected chi connectivity index (χ1v) is 7.52. The molecule has 1 N–H and O–H groups in total. The zero-order valence-corrected chi connectivity index (χ0v) is 12.2. The van der Waals surface area contributed by atoms with E-state index in [0.29, 0.717) is 5.95 Å². The summed E-state index contributed by atoms with van der Waals surface area (Å²) in [5.41, 5.74) is 3.30. The van der Waals surface area contributed by atoms with Crippen LogP contribution in [0.25, 0.3) is 0 Å². The van der Waals surface area contributed by atoms with Gasteiger partial charge in [-0.2, -0.15) is 0 Å². The van der Waals surface area contributed by atoms with Crippen LogP contribution in [0.15, 0.2) is 18.5 Å². The van der Waals surface area contributed by atoms with Crippen molar-refractivity contribution in [3.8, 4) is 0 Å². The number of hydrogen-bond donors (Lipinski definition) is 1. The molecule has 0 aliphatic carbocycles. The molecule has 0 bridgehead atoms. The molecule has 0 radical (unpaired) electrons. The van der Waals surface area contributed by atoms with Gasteiger partial charge in [0.1, 0.15) is 0 Å². The van der Waals surface area contributed by atoms with Crippen LogP contribution in [0.1, 0.15) is 12.8 Å². The quantitative estimate of drug-likeness (QED) is 0.868. The Morgan fingerprint density at radius 2 is 1.65 bits per heavy atom. The monoisotopic (exact) mass is 276 g/mol. The fourth-order valence-corrected chi connectivity index (χ4v) is 3.03. The van der Waals surface area contributed by atoms with Crippen LogP contribution in [0, 0.1) is 0 Å². The number of aromatic nitrogens is 2. The van der Waals surface area contributed by atoms with Gasteiger partial charge in [-0.3, -0.25) is 10.3 Å². The molecule has 3 rings (SSSR count). The number of hydrazine groups is 1. The predicted octanol–water partition coefficient (Wildman–Crippen LogP) is 0.515. The van der Waals surface area contributed by atoms with Crippen molar-refractivity contribution in [3.63, 3.8) is 0 Å². The van der Waals surface area contributed by atoms with Crippen LogP contribution < -0.4 is 5.43 Å². The van der Waals surface area contributed by atoms with E-state index in [0.717, 1.165) is 19.1 Å². The van der Waals surface area contributed by atoms with Crippen LogP contribution in [0.4, 0.5) is 5.95 Å². The van der Waals surface area contributed by atoms with Crippen molar-refractivity contribution in [1.82, 2.24) is 24.8 Å². The van der Waals surface area contributed by atoms with Crippen molar-refractivity contribution in [1.29, 1.82) is 0 Å². The summed E-state index contributed by atoms with van der Waals surface area (Å²) in [6.45, 7) is 6.98. The lowest BCUT2D eigenvalue weighted by molar-refractivity contribution is 0.0737. The van der Waals surface area contributed by atoms with Crippen molar-refractivity contribution in [2.24, 2.45) is 0 Å². The number of piperidine rings is 1. The Hall–Kier alpha value is -1.24. The van der Waals surface area contributed by atoms with E-state index in [9.17, 15) is 0 Å². The maximum atomic E-state index is 4.21. The van der Waals surface area contributed by atoms with Gasteiger partial charge in [-0.15, -0.1) is 0 Å². The number of rotatable bonds is 3. The SMILES string of the molecule is CN1CCN(C2CCN(Nc3ncccn3)CC2)CC1. The van der Waals surface area contributed by atoms with Crippen molar-refractivity contribution in [2.75, 3.05) is 51.7 Å². The normalized spacial score (nSPS) is 23.9. The van der Waals surface area contributed by atoms with Gasteiger partial charge in [0.2, 0.25) is 5.95 Å². The van der Waals surface area contributed by atoms with Gasteiger partial charge in [-0.1, -0.05) is 0 Å². The standard InChI is InChI=1S/C14H24N6/c1-18-9-11-19(12-10-18)13-3-7-20(8-4-13)17-14-15-5-2-6-16-14/h2,5-6,13H,3-4,7-12H2,1H3,(H,15,16,17). The molecule has 110 valence electrons. The highest BCUT2D eigenvalue weighted by Crippen LogP contribution is 2.18. The average molecular weight is 276 g/mol. The zero-order chi connectivity index (χ0) is 13.8. The maximum Gasteiger partial charge on any atom is 0.237 e. The second-order valence-corrected chi connectivity index (χ2v) is 5.74. The summed E-state index contributed by atoms with van der Waals surface area (Å²) in [5, 5.41) is 2.24. The van der Waals surface area contributed by atoms with E-state index in [1.165, 1.54) is 39.0 Å². The second kappa shape index (κ2) is 6.47. The van der Waals surface area contributed by atoms with E-state index in [2.05, 4.69) is 37.3 Å². The lowest BCUT2D eigenvalue weighted by atomic mass is 10.0. The Morgan fingerprint density at radius 3 is 2.30 bits per heavy atom. The number of nitrogens with zero attached hydrogens (tertiary/aromatic N) is 5. The smallest absolute Gasteiger partial charge is 0.237 e. The third-order valence-corrected chi connectivity index (χ3v) is 4.34. The van der Waals surface area contributed by atoms with E-state index in [1.807, 2.05) is 6.07 Å². The molecule has 0 amide bonds. The van der Waals surface area contributed by atoms with Gasteiger partial charge in [0.05, 0.1) is 0 Å². The summed E-state index contributed by atoms with van der Waals surface area (Å²) in [6, 6.07) is 2.59. The average Bonchev–Trinajstić information content (AvgIpc) is 2.50. The summed E-state index contributed by atoms with van der Waals surface area (Å²) in [5.74, 6) is 0.700. The molecule has 0 saturated carbocycles. The zero-order valence-electron chi connectivity index (χ0n) is 12.2. The highest BCUT2D eigenvalue weighted by atomic mass is 15.5. The van der Waals surface area contributed by atoms with Crippen molar-refractivity contribution < 1.29 is 0 Å². The molecule has 2 aliphatic rings. The molecule has 1 aromatic rings. The van der Waals surface area contributed by atoms with E-state index >= 15 is 0 Å². The molecule has 2 saturated heterocycles. The van der Waals surface area contributed by atoms with Gasteiger partial charge in [0.15, 0.2) is 0 Å². The van der Waals surface area contributed by atoms with Crippen LogP contribution in [0.5, 0.6) is 0 Å². The first-order valence-electron chi connectivity index (χ1n) is 7.52. The Balaban J connectivity index is 1.45. The predicted molar refractivity (Wildman–Crippen MR) is 79.3 cm³/mol. The molecule has 0 spiro atoms. The van der Waals surface area contributed by atoms with Crippen LogP contribution in [0.3, 0.4) is 0 Å². The first kappa shape index (κ1) is 13.7. The minimum absolute atomic E-state index is 0.700. The van der Waals surface area contributed by atoms with Crippen molar-refractivity contribution in [2.45, 2.75) is 18.9 Å². The highest BCUT2D eigenvalue weighted by molar-refractivity contribution is 5.20. The summed E-state index contributed by atoms with van der Waals surface area (Å²) >= 11 is 0. The highest BCUT2D eigenvalue weighted by Gasteiger charge is 2.26. The van der Waals surface area contributed by atoms with Crippen molar-refractivity contribution in [3.05, 3.63) is 18.5 Å². The van der Waals surface area contributed by atoms with E-state index in [1.54, 1.807) is 12.4 Å². The van der Waals surface area contributed by atoms with Crippen LogP contribution in [-0.4, -0.2) is 77.1 Å². The van der Waals surface area contributed by atoms with Gasteiger partial charge >= 0.3 is 0 Å². The van der Waals surface area contributed by atoms with Gasteiger partial charge in [0, 0.05) is 57.7 Å². The minimum atomic E-state index is 0.700. The molecular weight excluding hydrogens is 252 g/mol. The van der Waals surface area contributed by atoms with E-state index in [-0.39, 0.29) is 0 Å². The topological polar surface area (TPSA) is 47.5 Å². The molecule has 6 nitrogen and oxygen atoms in total. The molecule has 0 atom stereocenters. The second-order valence-electron chi connectivity index (χ2n) is 5.74. The fourth-order valence-electron chi connectivity index (χ4n) is 3.03. The lowest BCUT2D eigenvalue weighted by Gasteiger charge is -2.41. The summed E-state index contributed by atoms with van der Waals surface area (Å²) < 4.78 is 0. The molecule has 2 aliphatic heterocycles. The molecule has 1 aromatic heterocycles. The molecule has 6 heteroatoms. The number of likely N-dealkylation sites (N-methyl/N-ethyl adjacent to an activating group) is 1. The number of nitrogens with one attached hydrogen (secondary N) is 1. The van der Waals surface area contributed by atoms with Crippen LogP contribution >= 0.6 is 0 Å². The maximum absolute atomic E-state index is 4.21. The van der Waals surface area contributed by atoms with Gasteiger partial charge in [-0.25, -0.2) is 15.0 Å². The lowest BCUT2D eigenvalue weighted by Crippen LogP contribution is -2.53. The largest absolute Gasteiger partial charge is 0.304 e. The first-order chi connectivity index (χ1) is 9.81. The number of anilines is 1. The Labute approximate surface area is 120 Å². The van der Waals surface area contributed by atoms with Gasteiger partial charge in [0.25, 0.3) is 0 Å². The molecule has 0 unspecified atom stereocenters. The molecule has 0 aromatic carbocycles. The minimum Gasteiger partial charge on any atom is -0.304 e. The number of hydrogen-bond acceptors (Lipinski definition) is 6. The van der Waals surface area contributed by atoms with E-state index < -0.39 is 0 Å². The van der Waals surface area contributed by atoms with Gasteiger partial charge < -0.3 is 4.90 Å². The molecule has 3 heterocycles. The molecule has 2 fully saturated rings. The number of piperazine rings is 1. The summed E-state index contributed by atoms with van der Waals surface area (Å²) in [7, 11) is 2.21. The molecular formula is C14H24N6. The van der Waals surface area contributed by atoms with Crippen molar-refractivity contribution >= 4 is 5.95 Å². The Kier molecular flexibility index (Phi) is 4.44. The molecule has 20 heavy (non-hydrogen) atoms.